The van der Waals surface area contributed by atoms with Crippen LogP contribution in [0.1, 0.15) is 22.3 Å². The van der Waals surface area contributed by atoms with Crippen LogP contribution in [0.3, 0.4) is 0 Å². The van der Waals surface area contributed by atoms with E-state index in [2.05, 4.69) is 212 Å². The van der Waals surface area contributed by atoms with E-state index in [9.17, 15) is 0 Å². The van der Waals surface area contributed by atoms with Crippen molar-refractivity contribution in [3.05, 3.63) is 259 Å². The summed E-state index contributed by atoms with van der Waals surface area (Å²) < 4.78 is 0. The van der Waals surface area contributed by atoms with E-state index >= 15 is 0 Å². The quantitative estimate of drug-likeness (QED) is 0.154. The SMILES string of the molecule is c1ccc(-c2ccc(-c3nc(-c4ccccc4)nc(-c4cc(-c5ccccc5)cc(-c5ccc6c(c5)C(c5ccccc5)(c5ccccc5)c5ccccc5-6)c4)n3)cc2)cc1. The zero-order chi connectivity index (χ0) is 40.6. The maximum atomic E-state index is 5.24. The highest BCUT2D eigenvalue weighted by molar-refractivity contribution is 5.89. The average molecular weight is 778 g/mol. The van der Waals surface area contributed by atoms with Crippen LogP contribution in [0.15, 0.2) is 237 Å². The first kappa shape index (κ1) is 36.1. The zero-order valence-corrected chi connectivity index (χ0v) is 33.4. The summed E-state index contributed by atoms with van der Waals surface area (Å²) in [5.41, 5.74) is 16.6. The minimum atomic E-state index is -0.506. The lowest BCUT2D eigenvalue weighted by Crippen LogP contribution is -2.28. The molecule has 0 atom stereocenters. The Morgan fingerprint density at radius 3 is 1.16 bits per heavy atom. The van der Waals surface area contributed by atoms with E-state index in [1.54, 1.807) is 0 Å². The van der Waals surface area contributed by atoms with Gasteiger partial charge in [-0.2, -0.15) is 0 Å². The molecule has 0 aliphatic heterocycles. The van der Waals surface area contributed by atoms with Crippen LogP contribution in [-0.2, 0) is 5.41 Å². The molecule has 0 bridgehead atoms. The van der Waals surface area contributed by atoms with Gasteiger partial charge in [-0.25, -0.2) is 15.0 Å². The van der Waals surface area contributed by atoms with Crippen LogP contribution < -0.4 is 0 Å². The molecule has 3 heteroatoms. The summed E-state index contributed by atoms with van der Waals surface area (Å²) in [6.07, 6.45) is 0. The Bertz CT molecular complexity index is 3110. The van der Waals surface area contributed by atoms with Crippen molar-refractivity contribution in [2.24, 2.45) is 0 Å². The van der Waals surface area contributed by atoms with Crippen LogP contribution in [0, 0.1) is 0 Å². The number of benzene rings is 9. The Kier molecular flexibility index (Phi) is 9.05. The normalized spacial score (nSPS) is 12.4. The van der Waals surface area contributed by atoms with Crippen LogP contribution in [-0.4, -0.2) is 15.0 Å². The Hall–Kier alpha value is -8.01. The predicted octanol–water partition coefficient (Wildman–Crippen LogP) is 14.2. The largest absolute Gasteiger partial charge is 0.208 e. The van der Waals surface area contributed by atoms with Gasteiger partial charge in [0.2, 0.25) is 0 Å². The fourth-order valence-corrected chi connectivity index (χ4v) is 9.14. The van der Waals surface area contributed by atoms with Crippen molar-refractivity contribution in [1.82, 2.24) is 15.0 Å². The van der Waals surface area contributed by atoms with Gasteiger partial charge in [-0.3, -0.25) is 0 Å². The molecule has 11 rings (SSSR count). The third-order valence-electron chi connectivity index (χ3n) is 12.0. The van der Waals surface area contributed by atoms with Crippen LogP contribution >= 0.6 is 0 Å². The molecule has 0 radical (unpaired) electrons. The first-order chi connectivity index (χ1) is 30.2. The number of rotatable bonds is 8. The molecule has 10 aromatic rings. The second kappa shape index (κ2) is 15.3. The Balaban J connectivity index is 1.11. The number of hydrogen-bond acceptors (Lipinski definition) is 3. The standard InChI is InChI=1S/C58H39N3/c1-6-18-40(19-7-1)42-30-32-44(33-31-42)56-59-55(43-22-10-3-11-23-43)60-57(61-56)48-37-46(41-20-8-2-9-21-41)36-47(38-48)45-34-35-52-51-28-16-17-29-53(51)58(54(52)39-45,49-24-12-4-13-25-49)50-26-14-5-15-27-50/h1-39H. The summed E-state index contributed by atoms with van der Waals surface area (Å²) in [6, 6.07) is 84.3. The Labute approximate surface area is 356 Å². The molecule has 1 aliphatic carbocycles. The van der Waals surface area contributed by atoms with E-state index in [-0.39, 0.29) is 0 Å². The van der Waals surface area contributed by atoms with Crippen molar-refractivity contribution in [1.29, 1.82) is 0 Å². The van der Waals surface area contributed by atoms with E-state index in [1.165, 1.54) is 38.9 Å². The van der Waals surface area contributed by atoms with Crippen molar-refractivity contribution >= 4 is 0 Å². The fourth-order valence-electron chi connectivity index (χ4n) is 9.14. The van der Waals surface area contributed by atoms with Gasteiger partial charge in [0.15, 0.2) is 17.5 Å². The lowest BCUT2D eigenvalue weighted by molar-refractivity contribution is 0.769. The molecule has 0 saturated heterocycles. The molecule has 61 heavy (non-hydrogen) atoms. The predicted molar refractivity (Wildman–Crippen MR) is 250 cm³/mol. The number of hydrogen-bond donors (Lipinski definition) is 0. The van der Waals surface area contributed by atoms with E-state index in [4.69, 9.17) is 15.0 Å². The van der Waals surface area contributed by atoms with Crippen LogP contribution in [0.2, 0.25) is 0 Å². The minimum absolute atomic E-state index is 0.506. The monoisotopic (exact) mass is 777 g/mol. The summed E-state index contributed by atoms with van der Waals surface area (Å²) in [7, 11) is 0. The van der Waals surface area contributed by atoms with Crippen molar-refractivity contribution in [2.75, 3.05) is 0 Å². The molecule has 0 amide bonds. The smallest absolute Gasteiger partial charge is 0.164 e. The molecule has 286 valence electrons. The van der Waals surface area contributed by atoms with Crippen LogP contribution in [0.4, 0.5) is 0 Å². The highest BCUT2D eigenvalue weighted by Gasteiger charge is 2.46. The molecule has 0 N–H and O–H groups in total. The van der Waals surface area contributed by atoms with Crippen molar-refractivity contribution in [3.63, 3.8) is 0 Å². The van der Waals surface area contributed by atoms with E-state index in [1.807, 2.05) is 24.3 Å². The molecular weight excluding hydrogens is 739 g/mol. The van der Waals surface area contributed by atoms with Gasteiger partial charge < -0.3 is 0 Å². The van der Waals surface area contributed by atoms with E-state index in [0.717, 1.165) is 44.5 Å². The topological polar surface area (TPSA) is 38.7 Å². The fraction of sp³-hybridized carbons (Fsp3) is 0.0172. The Morgan fingerprint density at radius 1 is 0.230 bits per heavy atom. The summed E-state index contributed by atoms with van der Waals surface area (Å²) in [5, 5.41) is 0. The zero-order valence-electron chi connectivity index (χ0n) is 33.4. The molecule has 0 fully saturated rings. The van der Waals surface area contributed by atoms with E-state index < -0.39 is 5.41 Å². The molecule has 3 nitrogen and oxygen atoms in total. The first-order valence-corrected chi connectivity index (χ1v) is 20.8. The maximum Gasteiger partial charge on any atom is 0.164 e. The lowest BCUT2D eigenvalue weighted by Gasteiger charge is -2.34. The molecule has 0 unspecified atom stereocenters. The van der Waals surface area contributed by atoms with Gasteiger partial charge in [-0.05, 0) is 91.0 Å². The van der Waals surface area contributed by atoms with Gasteiger partial charge in [-0.15, -0.1) is 0 Å². The highest BCUT2D eigenvalue weighted by atomic mass is 15.0. The summed E-state index contributed by atoms with van der Waals surface area (Å²) in [5.74, 6) is 1.87. The summed E-state index contributed by atoms with van der Waals surface area (Å²) >= 11 is 0. The average Bonchev–Trinajstić information content (AvgIpc) is 3.65. The lowest BCUT2D eigenvalue weighted by atomic mass is 9.67. The summed E-state index contributed by atoms with van der Waals surface area (Å²) in [4.78, 5) is 15.5. The molecular formula is C58H39N3. The second-order valence-corrected chi connectivity index (χ2v) is 15.6. The van der Waals surface area contributed by atoms with Gasteiger partial charge in [0.05, 0.1) is 5.41 Å². The third-order valence-corrected chi connectivity index (χ3v) is 12.0. The molecule has 1 heterocycles. The molecule has 9 aromatic carbocycles. The summed E-state index contributed by atoms with van der Waals surface area (Å²) in [6.45, 7) is 0. The molecule has 1 aliphatic rings. The highest BCUT2D eigenvalue weighted by Crippen LogP contribution is 2.56. The first-order valence-electron chi connectivity index (χ1n) is 20.8. The molecule has 0 spiro atoms. The van der Waals surface area contributed by atoms with Gasteiger partial charge in [0.1, 0.15) is 0 Å². The number of nitrogens with zero attached hydrogens (tertiary/aromatic N) is 3. The number of fused-ring (bicyclic) bond motifs is 3. The van der Waals surface area contributed by atoms with Crippen LogP contribution in [0.25, 0.3) is 78.7 Å². The maximum absolute atomic E-state index is 5.24. The number of aromatic nitrogens is 3. The van der Waals surface area contributed by atoms with E-state index in [0.29, 0.717) is 17.5 Å². The van der Waals surface area contributed by atoms with Gasteiger partial charge >= 0.3 is 0 Å². The van der Waals surface area contributed by atoms with Gasteiger partial charge in [-0.1, -0.05) is 212 Å². The van der Waals surface area contributed by atoms with Gasteiger partial charge in [0.25, 0.3) is 0 Å². The third kappa shape index (κ3) is 6.44. The van der Waals surface area contributed by atoms with Crippen molar-refractivity contribution in [3.8, 4) is 78.7 Å². The Morgan fingerprint density at radius 2 is 0.590 bits per heavy atom. The molecule has 1 aromatic heterocycles. The van der Waals surface area contributed by atoms with Gasteiger partial charge in [0, 0.05) is 16.7 Å². The van der Waals surface area contributed by atoms with Crippen molar-refractivity contribution in [2.45, 2.75) is 5.41 Å². The van der Waals surface area contributed by atoms with Crippen molar-refractivity contribution < 1.29 is 0 Å². The second-order valence-electron chi connectivity index (χ2n) is 15.6. The van der Waals surface area contributed by atoms with Crippen LogP contribution in [0.5, 0.6) is 0 Å². The minimum Gasteiger partial charge on any atom is -0.208 e. The molecule has 0 saturated carbocycles.